The van der Waals surface area contributed by atoms with Crippen LogP contribution in [0.3, 0.4) is 0 Å². The van der Waals surface area contributed by atoms with Crippen LogP contribution in [0.2, 0.25) is 0 Å². The summed E-state index contributed by atoms with van der Waals surface area (Å²) in [4.78, 5) is 12.3. The Bertz CT molecular complexity index is 729. The monoisotopic (exact) mass is 360 g/mol. The zero-order valence-corrected chi connectivity index (χ0v) is 15.0. The smallest absolute Gasteiger partial charge is 0.230 e. The van der Waals surface area contributed by atoms with Gasteiger partial charge in [-0.3, -0.25) is 4.79 Å². The number of nitrogens with zero attached hydrogens (tertiary/aromatic N) is 2. The van der Waals surface area contributed by atoms with Crippen LogP contribution in [0.5, 0.6) is 0 Å². The summed E-state index contributed by atoms with van der Waals surface area (Å²) in [6, 6.07) is 9.13. The molecule has 2 N–H and O–H groups in total. The number of hydrogen-bond donors (Lipinski definition) is 2. The molecule has 0 saturated heterocycles. The van der Waals surface area contributed by atoms with E-state index in [4.69, 9.17) is 0 Å². The van der Waals surface area contributed by atoms with Crippen molar-refractivity contribution in [3.63, 3.8) is 0 Å². The van der Waals surface area contributed by atoms with E-state index in [1.165, 1.54) is 47.1 Å². The molecule has 2 aromatic rings. The molecule has 0 spiro atoms. The molecule has 126 valence electrons. The van der Waals surface area contributed by atoms with E-state index in [1.54, 1.807) is 0 Å². The van der Waals surface area contributed by atoms with Crippen LogP contribution in [0.1, 0.15) is 42.9 Å². The van der Waals surface area contributed by atoms with Crippen molar-refractivity contribution >= 4 is 34.1 Å². The number of carbonyl (C=O) groups is 1. The summed E-state index contributed by atoms with van der Waals surface area (Å²) >= 11 is 2.99. The van der Waals surface area contributed by atoms with Gasteiger partial charge < -0.3 is 10.6 Å². The Morgan fingerprint density at radius 3 is 3.00 bits per heavy atom. The van der Waals surface area contributed by atoms with Gasteiger partial charge in [0.25, 0.3) is 0 Å². The summed E-state index contributed by atoms with van der Waals surface area (Å²) in [6.07, 6.45) is 5.68. The molecule has 1 unspecified atom stereocenters. The van der Waals surface area contributed by atoms with Crippen LogP contribution < -0.4 is 10.6 Å². The average molecular weight is 361 g/mol. The van der Waals surface area contributed by atoms with E-state index in [0.717, 1.165) is 28.7 Å². The Morgan fingerprint density at radius 2 is 2.12 bits per heavy atom. The number of hydrogen-bond acceptors (Lipinski definition) is 6. The van der Waals surface area contributed by atoms with Gasteiger partial charge in [-0.25, -0.2) is 0 Å². The van der Waals surface area contributed by atoms with E-state index in [0.29, 0.717) is 11.8 Å². The first-order valence-corrected chi connectivity index (χ1v) is 10.2. The second-order valence-corrected chi connectivity index (χ2v) is 8.49. The Labute approximate surface area is 149 Å². The van der Waals surface area contributed by atoms with Crippen molar-refractivity contribution in [3.05, 3.63) is 35.4 Å². The number of benzene rings is 1. The van der Waals surface area contributed by atoms with Gasteiger partial charge in [0.1, 0.15) is 0 Å². The average Bonchev–Trinajstić information content (AvgIpc) is 3.30. The van der Waals surface area contributed by atoms with Crippen molar-refractivity contribution < 1.29 is 4.79 Å². The summed E-state index contributed by atoms with van der Waals surface area (Å²) in [5.41, 5.74) is 2.63. The normalized spacial score (nSPS) is 19.6. The third-order valence-corrected chi connectivity index (χ3v) is 6.33. The molecule has 0 aliphatic heterocycles. The first-order chi connectivity index (χ1) is 11.8. The van der Waals surface area contributed by atoms with Crippen molar-refractivity contribution in [1.82, 2.24) is 15.5 Å². The summed E-state index contributed by atoms with van der Waals surface area (Å²) in [5.74, 6) is 0.449. The topological polar surface area (TPSA) is 66.9 Å². The number of amides is 1. The van der Waals surface area contributed by atoms with Crippen molar-refractivity contribution in [2.45, 2.75) is 48.5 Å². The van der Waals surface area contributed by atoms with Gasteiger partial charge in [0.05, 0.1) is 11.8 Å². The molecule has 7 heteroatoms. The van der Waals surface area contributed by atoms with Gasteiger partial charge in [0.15, 0.2) is 4.34 Å². The predicted molar refractivity (Wildman–Crippen MR) is 97.5 cm³/mol. The molecular weight excluding hydrogens is 340 g/mol. The maximum absolute atomic E-state index is 12.3. The summed E-state index contributed by atoms with van der Waals surface area (Å²) in [7, 11) is 0. The number of aryl methyl sites for hydroxylation is 1. The van der Waals surface area contributed by atoms with Crippen molar-refractivity contribution in [1.29, 1.82) is 0 Å². The highest BCUT2D eigenvalue weighted by molar-refractivity contribution is 8.01. The third-order valence-electron chi connectivity index (χ3n) is 4.34. The number of nitrogens with one attached hydrogen (secondary N) is 2. The zero-order chi connectivity index (χ0) is 16.4. The molecule has 2 aliphatic rings. The number of rotatable bonds is 6. The van der Waals surface area contributed by atoms with Gasteiger partial charge in [-0.1, -0.05) is 47.4 Å². The molecule has 1 saturated carbocycles. The van der Waals surface area contributed by atoms with Crippen LogP contribution in [0.15, 0.2) is 28.6 Å². The van der Waals surface area contributed by atoms with Gasteiger partial charge in [0.2, 0.25) is 11.0 Å². The molecule has 1 amide bonds. The largest absolute Gasteiger partial charge is 0.357 e. The Kier molecular flexibility index (Phi) is 4.71. The number of thioether (sulfide) groups is 1. The lowest BCUT2D eigenvalue weighted by Crippen LogP contribution is -2.32. The van der Waals surface area contributed by atoms with Crippen LogP contribution in [0, 0.1) is 0 Å². The van der Waals surface area contributed by atoms with E-state index in [-0.39, 0.29) is 11.9 Å². The highest BCUT2D eigenvalue weighted by atomic mass is 32.2. The first-order valence-electron chi connectivity index (χ1n) is 8.38. The Hall–Kier alpha value is -1.60. The van der Waals surface area contributed by atoms with E-state index < -0.39 is 0 Å². The minimum atomic E-state index is 0.0635. The molecule has 1 aromatic heterocycles. The highest BCUT2D eigenvalue weighted by Crippen LogP contribution is 2.31. The molecule has 1 fully saturated rings. The quantitative estimate of drug-likeness (QED) is 0.773. The van der Waals surface area contributed by atoms with E-state index >= 15 is 0 Å². The maximum Gasteiger partial charge on any atom is 0.230 e. The van der Waals surface area contributed by atoms with Crippen molar-refractivity contribution in [2.75, 3.05) is 11.1 Å². The molecule has 1 atom stereocenters. The first kappa shape index (κ1) is 15.9. The fourth-order valence-electron chi connectivity index (χ4n) is 3.00. The lowest BCUT2D eigenvalue weighted by atomic mass is 9.88. The van der Waals surface area contributed by atoms with Crippen molar-refractivity contribution in [3.8, 4) is 0 Å². The number of fused-ring (bicyclic) bond motifs is 1. The van der Waals surface area contributed by atoms with E-state index in [2.05, 4.69) is 39.0 Å². The van der Waals surface area contributed by atoms with Crippen LogP contribution in [0.4, 0.5) is 5.13 Å². The number of aromatic nitrogens is 2. The number of anilines is 1. The predicted octanol–water partition coefficient (Wildman–Crippen LogP) is 3.40. The van der Waals surface area contributed by atoms with E-state index in [1.807, 2.05) is 6.07 Å². The second-order valence-electron chi connectivity index (χ2n) is 6.29. The van der Waals surface area contributed by atoms with Gasteiger partial charge >= 0.3 is 0 Å². The molecule has 0 bridgehead atoms. The minimum Gasteiger partial charge on any atom is -0.357 e. The molecular formula is C17H20N4OS2. The standard InChI is InChI=1S/C17H20N4OS2/c22-15(10-23-17-21-20-16(24-17)18-12-8-9-12)19-14-7-3-5-11-4-1-2-6-13(11)14/h1-2,4,6,12,14H,3,5,7-10H2,(H,18,20)(H,19,22). The molecule has 2 aliphatic carbocycles. The lowest BCUT2D eigenvalue weighted by molar-refractivity contribution is -0.119. The third kappa shape index (κ3) is 3.89. The van der Waals surface area contributed by atoms with Crippen LogP contribution >= 0.6 is 23.1 Å². The summed E-state index contributed by atoms with van der Waals surface area (Å²) in [5, 5.41) is 15.6. The minimum absolute atomic E-state index is 0.0635. The highest BCUT2D eigenvalue weighted by Gasteiger charge is 2.23. The second kappa shape index (κ2) is 7.11. The SMILES string of the molecule is O=C(CSc1nnc(NC2CC2)s1)NC1CCCc2ccccc21. The zero-order valence-electron chi connectivity index (χ0n) is 13.3. The molecule has 24 heavy (non-hydrogen) atoms. The Balaban J connectivity index is 1.30. The summed E-state index contributed by atoms with van der Waals surface area (Å²) in [6.45, 7) is 0. The lowest BCUT2D eigenvalue weighted by Gasteiger charge is -2.26. The van der Waals surface area contributed by atoms with Gasteiger partial charge in [-0.15, -0.1) is 10.2 Å². The molecule has 1 aromatic carbocycles. The van der Waals surface area contributed by atoms with Gasteiger partial charge in [0, 0.05) is 6.04 Å². The molecule has 5 nitrogen and oxygen atoms in total. The maximum atomic E-state index is 12.3. The number of carbonyl (C=O) groups excluding carboxylic acids is 1. The fraction of sp³-hybridized carbons (Fsp3) is 0.471. The van der Waals surface area contributed by atoms with Crippen LogP contribution in [0.25, 0.3) is 0 Å². The fourth-order valence-corrected chi connectivity index (χ4v) is 4.64. The molecule has 0 radical (unpaired) electrons. The van der Waals surface area contributed by atoms with Gasteiger partial charge in [-0.05, 0) is 43.2 Å². The van der Waals surface area contributed by atoms with Crippen LogP contribution in [-0.2, 0) is 11.2 Å². The summed E-state index contributed by atoms with van der Waals surface area (Å²) < 4.78 is 0.845. The van der Waals surface area contributed by atoms with Gasteiger partial charge in [-0.2, -0.15) is 0 Å². The molecule has 1 heterocycles. The van der Waals surface area contributed by atoms with Crippen LogP contribution in [-0.4, -0.2) is 27.9 Å². The van der Waals surface area contributed by atoms with E-state index in [9.17, 15) is 4.79 Å². The molecule has 4 rings (SSSR count). The van der Waals surface area contributed by atoms with Crippen molar-refractivity contribution in [2.24, 2.45) is 0 Å². The Morgan fingerprint density at radius 1 is 1.25 bits per heavy atom.